The first-order chi connectivity index (χ1) is 14.7. The molecule has 2 aromatic rings. The second kappa shape index (κ2) is 9.24. The van der Waals surface area contributed by atoms with Gasteiger partial charge in [-0.1, -0.05) is 43.2 Å². The Labute approximate surface area is 178 Å². The minimum Gasteiger partial charge on any atom is -0.335 e. The fourth-order valence-corrected chi connectivity index (χ4v) is 4.65. The lowest BCUT2D eigenvalue weighted by Crippen LogP contribution is -2.60. The zero-order valence-electron chi connectivity index (χ0n) is 17.4. The molecule has 2 heterocycles. The van der Waals surface area contributed by atoms with Crippen molar-refractivity contribution in [2.24, 2.45) is 5.92 Å². The second-order valence-corrected chi connectivity index (χ2v) is 8.24. The Morgan fingerprint density at radius 1 is 1.03 bits per heavy atom. The minimum atomic E-state index is -0.432. The predicted molar refractivity (Wildman–Crippen MR) is 118 cm³/mol. The summed E-state index contributed by atoms with van der Waals surface area (Å²) in [5.41, 5.74) is 3.29. The lowest BCUT2D eigenvalue weighted by Gasteiger charge is -2.41. The van der Waals surface area contributed by atoms with Crippen molar-refractivity contribution in [2.75, 3.05) is 19.6 Å². The van der Waals surface area contributed by atoms with Crippen LogP contribution >= 0.6 is 0 Å². The van der Waals surface area contributed by atoms with Gasteiger partial charge in [0.2, 0.25) is 11.8 Å². The van der Waals surface area contributed by atoms with E-state index in [0.29, 0.717) is 26.1 Å². The zero-order chi connectivity index (χ0) is 20.9. The summed E-state index contributed by atoms with van der Waals surface area (Å²) < 4.78 is 0. The maximum atomic E-state index is 13.2. The number of nitrogens with zero attached hydrogens (tertiary/aromatic N) is 3. The van der Waals surface area contributed by atoms with Gasteiger partial charge >= 0.3 is 0 Å². The van der Waals surface area contributed by atoms with E-state index in [1.165, 1.54) is 0 Å². The summed E-state index contributed by atoms with van der Waals surface area (Å²) in [7, 11) is 0. The van der Waals surface area contributed by atoms with E-state index in [2.05, 4.69) is 35.8 Å². The lowest BCUT2D eigenvalue weighted by molar-refractivity contribution is -0.153. The molecule has 0 radical (unpaired) electrons. The molecule has 1 atom stereocenters. The molecule has 1 aliphatic carbocycles. The summed E-state index contributed by atoms with van der Waals surface area (Å²) in [5, 5.41) is 0. The van der Waals surface area contributed by atoms with Crippen molar-refractivity contribution in [3.05, 3.63) is 67.0 Å². The molecule has 2 fully saturated rings. The van der Waals surface area contributed by atoms with Crippen LogP contribution in [0, 0.1) is 5.92 Å². The summed E-state index contributed by atoms with van der Waals surface area (Å²) in [4.78, 5) is 34.1. The SMILES string of the molecule is C=CCN1CCN(C(=O)C2CCCC2)[C@@H](Cc2ccc(-c3ccncc3)cc2)C1=O. The molecule has 5 nitrogen and oxygen atoms in total. The average Bonchev–Trinajstić information content (AvgIpc) is 3.32. The number of aromatic nitrogens is 1. The zero-order valence-corrected chi connectivity index (χ0v) is 17.4. The van der Waals surface area contributed by atoms with Crippen LogP contribution in [0.15, 0.2) is 61.4 Å². The first kappa shape index (κ1) is 20.3. The number of piperazine rings is 1. The van der Waals surface area contributed by atoms with Crippen LogP contribution in [0.2, 0.25) is 0 Å². The van der Waals surface area contributed by atoms with E-state index in [4.69, 9.17) is 0 Å². The van der Waals surface area contributed by atoms with Crippen LogP contribution in [0.4, 0.5) is 0 Å². The number of rotatable bonds is 6. The van der Waals surface area contributed by atoms with Gasteiger partial charge in [-0.2, -0.15) is 0 Å². The van der Waals surface area contributed by atoms with E-state index in [1.807, 2.05) is 21.9 Å². The molecule has 1 saturated heterocycles. The molecular weight excluding hydrogens is 374 g/mol. The first-order valence-electron chi connectivity index (χ1n) is 10.9. The summed E-state index contributed by atoms with van der Waals surface area (Å²) in [6.07, 6.45) is 9.99. The lowest BCUT2D eigenvalue weighted by atomic mass is 9.96. The van der Waals surface area contributed by atoms with Crippen LogP contribution in [0.1, 0.15) is 31.2 Å². The van der Waals surface area contributed by atoms with Crippen molar-refractivity contribution in [3.63, 3.8) is 0 Å². The number of hydrogen-bond acceptors (Lipinski definition) is 3. The first-order valence-corrected chi connectivity index (χ1v) is 10.9. The molecular formula is C25H29N3O2. The van der Waals surface area contributed by atoms with Gasteiger partial charge in [0.05, 0.1) is 0 Å². The van der Waals surface area contributed by atoms with E-state index in [0.717, 1.165) is 42.4 Å². The highest BCUT2D eigenvalue weighted by atomic mass is 16.2. The third kappa shape index (κ3) is 4.30. The van der Waals surface area contributed by atoms with Gasteiger partial charge in [-0.25, -0.2) is 0 Å². The van der Waals surface area contributed by atoms with Gasteiger partial charge < -0.3 is 9.80 Å². The summed E-state index contributed by atoms with van der Waals surface area (Å²) in [6, 6.07) is 11.8. The summed E-state index contributed by atoms with van der Waals surface area (Å²) >= 11 is 0. The Bertz CT molecular complexity index is 888. The smallest absolute Gasteiger partial charge is 0.246 e. The topological polar surface area (TPSA) is 53.5 Å². The second-order valence-electron chi connectivity index (χ2n) is 8.24. The Hall–Kier alpha value is -2.95. The van der Waals surface area contributed by atoms with Gasteiger partial charge in [-0.15, -0.1) is 6.58 Å². The molecule has 5 heteroatoms. The van der Waals surface area contributed by atoms with Crippen molar-refractivity contribution in [1.82, 2.24) is 14.8 Å². The molecule has 1 aliphatic heterocycles. The Morgan fingerprint density at radius 3 is 2.37 bits per heavy atom. The van der Waals surface area contributed by atoms with Crippen LogP contribution in [-0.2, 0) is 16.0 Å². The van der Waals surface area contributed by atoms with Crippen LogP contribution in [0.25, 0.3) is 11.1 Å². The van der Waals surface area contributed by atoms with Gasteiger partial charge in [0.25, 0.3) is 0 Å². The molecule has 4 rings (SSSR count). The van der Waals surface area contributed by atoms with Crippen LogP contribution < -0.4 is 0 Å². The van der Waals surface area contributed by atoms with E-state index < -0.39 is 6.04 Å². The molecule has 30 heavy (non-hydrogen) atoms. The molecule has 156 valence electrons. The largest absolute Gasteiger partial charge is 0.335 e. The van der Waals surface area contributed by atoms with Crippen molar-refractivity contribution < 1.29 is 9.59 Å². The number of pyridine rings is 1. The fraction of sp³-hybridized carbons (Fsp3) is 0.400. The Kier molecular flexibility index (Phi) is 6.26. The van der Waals surface area contributed by atoms with E-state index in [-0.39, 0.29) is 17.7 Å². The van der Waals surface area contributed by atoms with Gasteiger partial charge in [-0.3, -0.25) is 14.6 Å². The van der Waals surface area contributed by atoms with Gasteiger partial charge in [0.15, 0.2) is 0 Å². The van der Waals surface area contributed by atoms with Crippen LogP contribution in [0.5, 0.6) is 0 Å². The van der Waals surface area contributed by atoms with Crippen LogP contribution in [-0.4, -0.2) is 52.3 Å². The molecule has 1 aromatic heterocycles. The van der Waals surface area contributed by atoms with Gasteiger partial charge in [0.1, 0.15) is 6.04 Å². The molecule has 2 aliphatic rings. The van der Waals surface area contributed by atoms with E-state index in [9.17, 15) is 9.59 Å². The number of carbonyl (C=O) groups is 2. The van der Waals surface area contributed by atoms with Crippen molar-refractivity contribution in [3.8, 4) is 11.1 Å². The minimum absolute atomic E-state index is 0.0331. The van der Waals surface area contributed by atoms with E-state index in [1.54, 1.807) is 18.5 Å². The van der Waals surface area contributed by atoms with Gasteiger partial charge in [0, 0.05) is 44.4 Å². The summed E-state index contributed by atoms with van der Waals surface area (Å²) in [5.74, 6) is 0.281. The number of carbonyl (C=O) groups excluding carboxylic acids is 2. The average molecular weight is 404 g/mol. The monoisotopic (exact) mass is 403 g/mol. The normalized spacial score (nSPS) is 19.9. The van der Waals surface area contributed by atoms with Crippen molar-refractivity contribution >= 4 is 11.8 Å². The van der Waals surface area contributed by atoms with Crippen LogP contribution in [0.3, 0.4) is 0 Å². The number of benzene rings is 1. The van der Waals surface area contributed by atoms with Crippen molar-refractivity contribution in [2.45, 2.75) is 38.1 Å². The third-order valence-electron chi connectivity index (χ3n) is 6.32. The Morgan fingerprint density at radius 2 is 1.70 bits per heavy atom. The quantitative estimate of drug-likeness (QED) is 0.691. The van der Waals surface area contributed by atoms with E-state index >= 15 is 0 Å². The molecule has 0 unspecified atom stereocenters. The number of amides is 2. The maximum absolute atomic E-state index is 13.2. The highest BCUT2D eigenvalue weighted by Crippen LogP contribution is 2.29. The van der Waals surface area contributed by atoms with Crippen molar-refractivity contribution in [1.29, 1.82) is 0 Å². The highest BCUT2D eigenvalue weighted by Gasteiger charge is 2.39. The molecule has 1 aromatic carbocycles. The number of hydrogen-bond donors (Lipinski definition) is 0. The molecule has 0 spiro atoms. The highest BCUT2D eigenvalue weighted by molar-refractivity contribution is 5.90. The predicted octanol–water partition coefficient (Wildman–Crippen LogP) is 3.71. The standard InChI is InChI=1S/C25H29N3O2/c1-2-15-27-16-17-28(24(29)22-5-3-4-6-22)23(25(27)30)18-19-7-9-20(10-8-19)21-11-13-26-14-12-21/h2,7-14,22-23H,1,3-6,15-18H2/t23-/m0/s1. The maximum Gasteiger partial charge on any atom is 0.246 e. The fourth-order valence-electron chi connectivity index (χ4n) is 4.65. The molecule has 1 saturated carbocycles. The van der Waals surface area contributed by atoms with Gasteiger partial charge in [-0.05, 0) is 41.7 Å². The Balaban J connectivity index is 1.54. The molecule has 2 amide bonds. The third-order valence-corrected chi connectivity index (χ3v) is 6.32. The molecule has 0 bridgehead atoms. The summed E-state index contributed by atoms with van der Waals surface area (Å²) in [6.45, 7) is 5.49. The molecule has 0 N–H and O–H groups in total.